The summed E-state index contributed by atoms with van der Waals surface area (Å²) in [5.41, 5.74) is 4.67. The number of carbonyl (C=O) groups is 1. The van der Waals surface area contributed by atoms with Crippen LogP contribution < -0.4 is 11.1 Å². The van der Waals surface area contributed by atoms with Crippen LogP contribution in [0.4, 0.5) is 19.0 Å². The van der Waals surface area contributed by atoms with E-state index in [1.165, 1.54) is 0 Å². The van der Waals surface area contributed by atoms with E-state index in [0.717, 1.165) is 12.5 Å². The van der Waals surface area contributed by atoms with Crippen LogP contribution in [0.3, 0.4) is 0 Å². The molecule has 3 N–H and O–H groups in total. The van der Waals surface area contributed by atoms with Crippen molar-refractivity contribution in [3.8, 4) is 0 Å². The summed E-state index contributed by atoms with van der Waals surface area (Å²) in [5.74, 6) is 0.461. The molecule has 2 heterocycles. The van der Waals surface area contributed by atoms with Gasteiger partial charge in [0.15, 0.2) is 0 Å². The van der Waals surface area contributed by atoms with Crippen molar-refractivity contribution >= 4 is 23.3 Å². The normalized spacial score (nSPS) is 18.3. The molecule has 1 aromatic heterocycles. The Morgan fingerprint density at radius 3 is 2.83 bits per heavy atom. The Morgan fingerprint density at radius 2 is 2.26 bits per heavy atom. The molecule has 1 amide bonds. The standard InChI is InChI=1S/C14H18ClF3N4O/c15-11-5-10(14(16,17)18)7-21-13(11)20-3-1-12(23)22-4-2-9(6-19)8-22/h5,7,9H,1-4,6,8,19H2,(H,20,21)/t9-/m0/s1. The van der Waals surface area contributed by atoms with Crippen LogP contribution in [0.15, 0.2) is 12.3 Å². The zero-order chi connectivity index (χ0) is 17.0. The molecule has 0 aliphatic carbocycles. The Hall–Kier alpha value is -1.54. The maximum atomic E-state index is 12.5. The molecular weight excluding hydrogens is 333 g/mol. The summed E-state index contributed by atoms with van der Waals surface area (Å²) in [5, 5.41) is 2.66. The van der Waals surface area contributed by atoms with Gasteiger partial charge in [-0.3, -0.25) is 4.79 Å². The second kappa shape index (κ2) is 7.35. The molecule has 1 aliphatic rings. The van der Waals surface area contributed by atoms with Crippen molar-refractivity contribution in [2.24, 2.45) is 11.7 Å². The summed E-state index contributed by atoms with van der Waals surface area (Å²) < 4.78 is 37.5. The average molecular weight is 351 g/mol. The van der Waals surface area contributed by atoms with E-state index in [2.05, 4.69) is 10.3 Å². The van der Waals surface area contributed by atoms with E-state index < -0.39 is 11.7 Å². The molecule has 0 aromatic carbocycles. The van der Waals surface area contributed by atoms with Crippen LogP contribution in [0.1, 0.15) is 18.4 Å². The molecule has 0 spiro atoms. The van der Waals surface area contributed by atoms with Gasteiger partial charge < -0.3 is 16.0 Å². The van der Waals surface area contributed by atoms with Gasteiger partial charge in [-0.2, -0.15) is 13.2 Å². The van der Waals surface area contributed by atoms with Crippen LogP contribution in [0.25, 0.3) is 0 Å². The van der Waals surface area contributed by atoms with Gasteiger partial charge in [0.25, 0.3) is 0 Å². The number of rotatable bonds is 5. The fourth-order valence-electron chi connectivity index (χ4n) is 2.42. The second-order valence-corrected chi connectivity index (χ2v) is 5.87. The third kappa shape index (κ3) is 4.71. The topological polar surface area (TPSA) is 71.2 Å². The van der Waals surface area contributed by atoms with E-state index in [0.29, 0.717) is 31.7 Å². The van der Waals surface area contributed by atoms with Crippen molar-refractivity contribution in [1.82, 2.24) is 9.88 Å². The van der Waals surface area contributed by atoms with Gasteiger partial charge in [0.2, 0.25) is 5.91 Å². The summed E-state index contributed by atoms with van der Waals surface area (Å²) in [7, 11) is 0. The predicted molar refractivity (Wildman–Crippen MR) is 81.1 cm³/mol. The Labute approximate surface area is 137 Å². The number of nitrogens with zero attached hydrogens (tertiary/aromatic N) is 2. The highest BCUT2D eigenvalue weighted by molar-refractivity contribution is 6.32. The smallest absolute Gasteiger partial charge is 0.368 e. The van der Waals surface area contributed by atoms with Crippen LogP contribution >= 0.6 is 11.6 Å². The molecule has 0 saturated carbocycles. The molecule has 1 fully saturated rings. The first kappa shape index (κ1) is 17.8. The summed E-state index contributed by atoms with van der Waals surface area (Å²) in [4.78, 5) is 17.4. The van der Waals surface area contributed by atoms with Crippen LogP contribution in [-0.4, -0.2) is 42.0 Å². The van der Waals surface area contributed by atoms with E-state index in [4.69, 9.17) is 17.3 Å². The summed E-state index contributed by atoms with van der Waals surface area (Å²) >= 11 is 5.78. The fraction of sp³-hybridized carbons (Fsp3) is 0.571. The minimum absolute atomic E-state index is 0.0171. The quantitative estimate of drug-likeness (QED) is 0.855. The van der Waals surface area contributed by atoms with Crippen molar-refractivity contribution in [1.29, 1.82) is 0 Å². The summed E-state index contributed by atoms with van der Waals surface area (Å²) in [6.07, 6.45) is -2.65. The molecule has 9 heteroatoms. The van der Waals surface area contributed by atoms with Gasteiger partial charge >= 0.3 is 6.18 Å². The van der Waals surface area contributed by atoms with E-state index in [1.54, 1.807) is 4.90 Å². The van der Waals surface area contributed by atoms with Crippen molar-refractivity contribution in [2.45, 2.75) is 19.0 Å². The highest BCUT2D eigenvalue weighted by Crippen LogP contribution is 2.32. The number of amides is 1. The van der Waals surface area contributed by atoms with E-state index in [-0.39, 0.29) is 29.7 Å². The minimum atomic E-state index is -4.49. The molecule has 1 aliphatic heterocycles. The van der Waals surface area contributed by atoms with Crippen molar-refractivity contribution in [3.63, 3.8) is 0 Å². The third-order valence-electron chi connectivity index (χ3n) is 3.77. The van der Waals surface area contributed by atoms with Crippen molar-refractivity contribution < 1.29 is 18.0 Å². The molecule has 0 radical (unpaired) electrons. The molecule has 5 nitrogen and oxygen atoms in total. The first-order valence-corrected chi connectivity index (χ1v) is 7.63. The SMILES string of the molecule is NC[C@@H]1CCN(C(=O)CCNc2ncc(C(F)(F)F)cc2Cl)C1. The molecular formula is C14H18ClF3N4O. The number of pyridine rings is 1. The predicted octanol–water partition coefficient (Wildman–Crippen LogP) is 2.36. The number of likely N-dealkylation sites (tertiary alicyclic amines) is 1. The third-order valence-corrected chi connectivity index (χ3v) is 4.06. The Morgan fingerprint density at radius 1 is 1.52 bits per heavy atom. The molecule has 23 heavy (non-hydrogen) atoms. The van der Waals surface area contributed by atoms with E-state index in [1.807, 2.05) is 0 Å². The Balaban J connectivity index is 1.83. The number of alkyl halides is 3. The van der Waals surface area contributed by atoms with Gasteiger partial charge in [0, 0.05) is 32.3 Å². The Bertz CT molecular complexity index is 567. The fourth-order valence-corrected chi connectivity index (χ4v) is 2.65. The number of hydrogen-bond acceptors (Lipinski definition) is 4. The van der Waals surface area contributed by atoms with Gasteiger partial charge in [-0.15, -0.1) is 0 Å². The number of nitrogens with one attached hydrogen (secondary N) is 1. The second-order valence-electron chi connectivity index (χ2n) is 5.46. The molecule has 1 atom stereocenters. The lowest BCUT2D eigenvalue weighted by molar-refractivity contribution is -0.137. The largest absolute Gasteiger partial charge is 0.417 e. The maximum absolute atomic E-state index is 12.5. The number of carbonyl (C=O) groups excluding carboxylic acids is 1. The zero-order valence-corrected chi connectivity index (χ0v) is 13.1. The number of halogens is 4. The first-order chi connectivity index (χ1) is 10.8. The highest BCUT2D eigenvalue weighted by Gasteiger charge is 2.31. The van der Waals surface area contributed by atoms with Gasteiger partial charge in [0.05, 0.1) is 10.6 Å². The van der Waals surface area contributed by atoms with Crippen LogP contribution in [0, 0.1) is 5.92 Å². The lowest BCUT2D eigenvalue weighted by Crippen LogP contribution is -2.31. The number of hydrogen-bond donors (Lipinski definition) is 2. The average Bonchev–Trinajstić information content (AvgIpc) is 2.96. The van der Waals surface area contributed by atoms with Gasteiger partial charge in [-0.25, -0.2) is 4.98 Å². The van der Waals surface area contributed by atoms with Crippen LogP contribution in [0.5, 0.6) is 0 Å². The molecule has 2 rings (SSSR count). The Kier molecular flexibility index (Phi) is 5.69. The van der Waals surface area contributed by atoms with Crippen molar-refractivity contribution in [2.75, 3.05) is 31.5 Å². The maximum Gasteiger partial charge on any atom is 0.417 e. The van der Waals surface area contributed by atoms with Gasteiger partial charge in [0.1, 0.15) is 5.82 Å². The monoisotopic (exact) mass is 350 g/mol. The highest BCUT2D eigenvalue weighted by atomic mass is 35.5. The van der Waals surface area contributed by atoms with Gasteiger partial charge in [-0.05, 0) is 24.9 Å². The summed E-state index contributed by atoms with van der Waals surface area (Å²) in [6.45, 7) is 2.17. The lowest BCUT2D eigenvalue weighted by atomic mass is 10.1. The lowest BCUT2D eigenvalue weighted by Gasteiger charge is -2.16. The van der Waals surface area contributed by atoms with Crippen molar-refractivity contribution in [3.05, 3.63) is 22.8 Å². The molecule has 0 bridgehead atoms. The molecule has 1 saturated heterocycles. The minimum Gasteiger partial charge on any atom is -0.368 e. The molecule has 0 unspecified atom stereocenters. The van der Waals surface area contributed by atoms with Crippen LogP contribution in [0.2, 0.25) is 5.02 Å². The summed E-state index contributed by atoms with van der Waals surface area (Å²) in [6, 6.07) is 0.811. The van der Waals surface area contributed by atoms with Gasteiger partial charge in [-0.1, -0.05) is 11.6 Å². The first-order valence-electron chi connectivity index (χ1n) is 7.25. The van der Waals surface area contributed by atoms with E-state index in [9.17, 15) is 18.0 Å². The molecule has 128 valence electrons. The number of nitrogens with two attached hydrogens (primary N) is 1. The number of aromatic nitrogens is 1. The molecule has 1 aromatic rings. The zero-order valence-electron chi connectivity index (χ0n) is 12.4. The van der Waals surface area contributed by atoms with Crippen LogP contribution in [-0.2, 0) is 11.0 Å². The van der Waals surface area contributed by atoms with E-state index >= 15 is 0 Å². The number of anilines is 1.